The van der Waals surface area contributed by atoms with Crippen LogP contribution in [0.5, 0.6) is 0 Å². The molecule has 0 rings (SSSR count). The molecular weight excluding hydrogens is 150 g/mol. The zero-order valence-corrected chi connectivity index (χ0v) is 9.69. The van der Waals surface area contributed by atoms with Gasteiger partial charge in [0, 0.05) is 0 Å². The summed E-state index contributed by atoms with van der Waals surface area (Å²) in [5.74, 6) is 0.218. The maximum atomic E-state index is 10.5. The van der Waals surface area contributed by atoms with E-state index in [0.29, 0.717) is 0 Å². The van der Waals surface area contributed by atoms with Gasteiger partial charge in [-0.25, -0.2) is 0 Å². The summed E-state index contributed by atoms with van der Waals surface area (Å²) in [5, 5.41) is 2.90. The minimum atomic E-state index is 0.0648. The average molecular weight is 175 g/mol. The van der Waals surface area contributed by atoms with Crippen LogP contribution in [0.3, 0.4) is 0 Å². The fourth-order valence-corrected chi connectivity index (χ4v) is 0.695. The lowest BCUT2D eigenvalue weighted by Gasteiger charge is -2.07. The lowest BCUT2D eigenvalue weighted by Crippen LogP contribution is -2.31. The van der Waals surface area contributed by atoms with Crippen LogP contribution < -0.4 is 5.32 Å². The van der Waals surface area contributed by atoms with Gasteiger partial charge in [-0.1, -0.05) is 34.6 Å². The topological polar surface area (TPSA) is 29.1 Å². The molecule has 0 amide bonds. The summed E-state index contributed by atoms with van der Waals surface area (Å²) in [5.41, 5.74) is 0. The minimum absolute atomic E-state index is 0.0648. The third-order valence-corrected chi connectivity index (χ3v) is 1.25. The van der Waals surface area contributed by atoms with Gasteiger partial charge >= 0.3 is 0 Å². The van der Waals surface area contributed by atoms with Crippen LogP contribution in [-0.4, -0.2) is 18.9 Å². The van der Waals surface area contributed by atoms with Crippen LogP contribution in [0.1, 0.15) is 48.0 Å². The van der Waals surface area contributed by atoms with Gasteiger partial charge in [0.1, 0.15) is 5.78 Å². The van der Waals surface area contributed by atoms with Crippen LogP contribution in [0.15, 0.2) is 0 Å². The molecule has 0 saturated heterocycles. The average Bonchev–Trinajstić information content (AvgIpc) is 2.13. The normalized spacial score (nSPS) is 9.92. The Kier molecular flexibility index (Phi) is 24.9. The molecule has 0 aliphatic heterocycles. The van der Waals surface area contributed by atoms with Crippen molar-refractivity contribution in [2.24, 2.45) is 0 Å². The maximum Gasteiger partial charge on any atom is 0.146 e. The van der Waals surface area contributed by atoms with Gasteiger partial charge in [-0.2, -0.15) is 0 Å². The van der Waals surface area contributed by atoms with E-state index in [1.54, 1.807) is 14.0 Å². The van der Waals surface area contributed by atoms with Gasteiger partial charge in [-0.05, 0) is 20.4 Å². The van der Waals surface area contributed by atoms with Crippen molar-refractivity contribution < 1.29 is 4.79 Å². The molecule has 0 fully saturated rings. The van der Waals surface area contributed by atoms with Crippen LogP contribution in [-0.2, 0) is 4.79 Å². The van der Waals surface area contributed by atoms with E-state index < -0.39 is 0 Å². The molecule has 0 spiro atoms. The fraction of sp³-hybridized carbons (Fsp3) is 0.900. The van der Waals surface area contributed by atoms with E-state index in [4.69, 9.17) is 0 Å². The van der Waals surface area contributed by atoms with Gasteiger partial charge in [0.2, 0.25) is 0 Å². The van der Waals surface area contributed by atoms with Crippen LogP contribution in [0.2, 0.25) is 0 Å². The number of rotatable bonds is 3. The Morgan fingerprint density at radius 3 is 1.58 bits per heavy atom. The fourth-order valence-electron chi connectivity index (χ4n) is 0.695. The molecule has 76 valence electrons. The second-order valence-corrected chi connectivity index (χ2v) is 1.86. The molecule has 0 aromatic carbocycles. The molecule has 2 nitrogen and oxygen atoms in total. The lowest BCUT2D eigenvalue weighted by atomic mass is 10.1. The van der Waals surface area contributed by atoms with E-state index in [1.165, 1.54) is 0 Å². The molecule has 0 radical (unpaired) electrons. The Balaban J connectivity index is -0.000000175. The first kappa shape index (κ1) is 17.6. The van der Waals surface area contributed by atoms with Gasteiger partial charge in [0.25, 0.3) is 0 Å². The van der Waals surface area contributed by atoms with E-state index in [2.05, 4.69) is 5.32 Å². The number of hydrogen-bond acceptors (Lipinski definition) is 2. The van der Waals surface area contributed by atoms with Crippen molar-refractivity contribution in [3.63, 3.8) is 0 Å². The third-order valence-electron chi connectivity index (χ3n) is 1.25. The van der Waals surface area contributed by atoms with Crippen molar-refractivity contribution in [3.05, 3.63) is 0 Å². The van der Waals surface area contributed by atoms with Gasteiger partial charge in [0.05, 0.1) is 6.04 Å². The van der Waals surface area contributed by atoms with Gasteiger partial charge in [-0.15, -0.1) is 0 Å². The molecule has 1 unspecified atom stereocenters. The summed E-state index contributed by atoms with van der Waals surface area (Å²) >= 11 is 0. The Morgan fingerprint density at radius 1 is 1.25 bits per heavy atom. The molecule has 0 aromatic heterocycles. The Bertz CT molecular complexity index is 77.9. The number of hydrogen-bond donors (Lipinski definition) is 1. The second kappa shape index (κ2) is 16.9. The largest absolute Gasteiger partial charge is 0.311 e. The van der Waals surface area contributed by atoms with Crippen LogP contribution in [0.25, 0.3) is 0 Å². The van der Waals surface area contributed by atoms with Crippen molar-refractivity contribution in [1.29, 1.82) is 0 Å². The summed E-state index contributed by atoms with van der Waals surface area (Å²) in [7, 11) is 1.80. The minimum Gasteiger partial charge on any atom is -0.311 e. The highest BCUT2D eigenvalue weighted by Gasteiger charge is 2.05. The van der Waals surface area contributed by atoms with Crippen LogP contribution >= 0.6 is 0 Å². The monoisotopic (exact) mass is 175 g/mol. The molecule has 2 heteroatoms. The molecule has 0 aliphatic rings. The van der Waals surface area contributed by atoms with Crippen molar-refractivity contribution in [2.45, 2.75) is 54.0 Å². The standard InChI is InChI=1S/C6H13NO.2C2H6/c1-4-6(7-3)5(2)8;2*1-2/h6-7H,4H2,1-3H3;2*1-2H3. The molecule has 1 N–H and O–H groups in total. The molecule has 0 aromatic rings. The number of carbonyl (C=O) groups excluding carboxylic acids is 1. The Labute approximate surface area is 77.7 Å². The van der Waals surface area contributed by atoms with E-state index in [9.17, 15) is 4.79 Å². The number of ketones is 1. The highest BCUT2D eigenvalue weighted by atomic mass is 16.1. The zero-order chi connectivity index (χ0) is 10.6. The molecule has 0 heterocycles. The van der Waals surface area contributed by atoms with E-state index in [1.807, 2.05) is 34.6 Å². The van der Waals surface area contributed by atoms with Gasteiger partial charge < -0.3 is 5.32 Å². The smallest absolute Gasteiger partial charge is 0.146 e. The predicted octanol–water partition coefficient (Wildman–Crippen LogP) is 2.63. The highest BCUT2D eigenvalue weighted by molar-refractivity contribution is 5.81. The first-order chi connectivity index (χ1) is 5.72. The first-order valence-electron chi connectivity index (χ1n) is 4.90. The number of nitrogens with one attached hydrogen (secondary N) is 1. The van der Waals surface area contributed by atoms with Crippen molar-refractivity contribution in [1.82, 2.24) is 5.32 Å². The number of carbonyl (C=O) groups is 1. The van der Waals surface area contributed by atoms with Gasteiger partial charge in [-0.3, -0.25) is 4.79 Å². The quantitative estimate of drug-likeness (QED) is 0.714. The summed E-state index contributed by atoms with van der Waals surface area (Å²) < 4.78 is 0. The third kappa shape index (κ3) is 12.3. The summed E-state index contributed by atoms with van der Waals surface area (Å²) in [6.45, 7) is 11.6. The number of likely N-dealkylation sites (N-methyl/N-ethyl adjacent to an activating group) is 1. The molecule has 0 aliphatic carbocycles. The Hall–Kier alpha value is -0.370. The summed E-state index contributed by atoms with van der Waals surface area (Å²) in [4.78, 5) is 10.5. The summed E-state index contributed by atoms with van der Waals surface area (Å²) in [6.07, 6.45) is 0.881. The number of Topliss-reactive ketones (excluding diaryl/α,β-unsaturated/α-hetero) is 1. The SMILES string of the molecule is CC.CC.CCC(NC)C(C)=O. The predicted molar refractivity (Wildman–Crippen MR) is 56.5 cm³/mol. The van der Waals surface area contributed by atoms with Crippen molar-refractivity contribution in [2.75, 3.05) is 7.05 Å². The first-order valence-corrected chi connectivity index (χ1v) is 4.90. The van der Waals surface area contributed by atoms with E-state index in [0.717, 1.165) is 6.42 Å². The van der Waals surface area contributed by atoms with E-state index >= 15 is 0 Å². The van der Waals surface area contributed by atoms with Crippen LogP contribution in [0, 0.1) is 0 Å². The maximum absolute atomic E-state index is 10.5. The molecule has 12 heavy (non-hydrogen) atoms. The van der Waals surface area contributed by atoms with E-state index in [-0.39, 0.29) is 11.8 Å². The molecule has 0 saturated carbocycles. The van der Waals surface area contributed by atoms with Crippen molar-refractivity contribution in [3.8, 4) is 0 Å². The lowest BCUT2D eigenvalue weighted by molar-refractivity contribution is -0.118. The van der Waals surface area contributed by atoms with Gasteiger partial charge in [0.15, 0.2) is 0 Å². The van der Waals surface area contributed by atoms with Crippen LogP contribution in [0.4, 0.5) is 0 Å². The molecule has 0 bridgehead atoms. The highest BCUT2D eigenvalue weighted by Crippen LogP contribution is 1.88. The molecule has 1 atom stereocenters. The second-order valence-electron chi connectivity index (χ2n) is 1.86. The Morgan fingerprint density at radius 2 is 1.58 bits per heavy atom. The summed E-state index contributed by atoms with van der Waals surface area (Å²) in [6, 6.07) is 0.0648. The van der Waals surface area contributed by atoms with Crippen molar-refractivity contribution >= 4 is 5.78 Å². The zero-order valence-electron chi connectivity index (χ0n) is 9.69. The molecular formula is C10H25NO.